The first-order valence-electron chi connectivity index (χ1n) is 11.3. The fourth-order valence-electron chi connectivity index (χ4n) is 4.05. The Balaban J connectivity index is 1.50. The van der Waals surface area contributed by atoms with Crippen LogP contribution in [0, 0.1) is 11.6 Å². The molecule has 2 aromatic carbocycles. The van der Waals surface area contributed by atoms with Gasteiger partial charge in [0.05, 0.1) is 6.20 Å². The largest absolute Gasteiger partial charge is 0.340 e. The Hall–Kier alpha value is -3.85. The van der Waals surface area contributed by atoms with Crippen LogP contribution in [-0.4, -0.2) is 26.3 Å². The molecule has 1 aliphatic rings. The van der Waals surface area contributed by atoms with Gasteiger partial charge < -0.3 is 16.0 Å². The molecule has 0 amide bonds. The van der Waals surface area contributed by atoms with Crippen LogP contribution in [0.5, 0.6) is 0 Å². The summed E-state index contributed by atoms with van der Waals surface area (Å²) in [5.74, 6) is -0.571. The fraction of sp³-hybridized carbons (Fsp3) is 0.240. The summed E-state index contributed by atoms with van der Waals surface area (Å²) >= 11 is 0. The molecule has 0 saturated carbocycles. The molecule has 3 heterocycles. The molecule has 0 aliphatic carbocycles. The van der Waals surface area contributed by atoms with Gasteiger partial charge in [0.2, 0.25) is 5.95 Å². The molecule has 9 heteroatoms. The standard InChI is InChI=1S/C25H25F2N7/c1-2-7-34-15-18(13-30-34)23-14-29-25(32-22-10-19(26)9-20(27)11-22)33-24(23)31-21-4-3-16-5-6-28-12-17(16)8-21/h3-4,8-11,13-15,28H,2,5-7,12H2,1H3,(H2,29,31,32,33). The van der Waals surface area contributed by atoms with Crippen LogP contribution in [0.4, 0.5) is 31.9 Å². The zero-order chi connectivity index (χ0) is 23.5. The van der Waals surface area contributed by atoms with Crippen LogP contribution < -0.4 is 16.0 Å². The molecule has 7 nitrogen and oxygen atoms in total. The van der Waals surface area contributed by atoms with Crippen LogP contribution in [0.3, 0.4) is 0 Å². The summed E-state index contributed by atoms with van der Waals surface area (Å²) in [6.07, 6.45) is 7.40. The van der Waals surface area contributed by atoms with E-state index in [0.717, 1.165) is 55.4 Å². The lowest BCUT2D eigenvalue weighted by Crippen LogP contribution is -2.23. The summed E-state index contributed by atoms with van der Waals surface area (Å²) in [5, 5.41) is 14.1. The van der Waals surface area contributed by atoms with Gasteiger partial charge in [-0.15, -0.1) is 0 Å². The average molecular weight is 462 g/mol. The van der Waals surface area contributed by atoms with E-state index >= 15 is 0 Å². The molecule has 1 aliphatic heterocycles. The van der Waals surface area contributed by atoms with Crippen molar-refractivity contribution in [3.05, 3.63) is 77.8 Å². The van der Waals surface area contributed by atoms with Crippen molar-refractivity contribution in [2.75, 3.05) is 17.2 Å². The predicted molar refractivity (Wildman–Crippen MR) is 128 cm³/mol. The van der Waals surface area contributed by atoms with Gasteiger partial charge in [-0.1, -0.05) is 13.0 Å². The van der Waals surface area contributed by atoms with Crippen LogP contribution in [-0.2, 0) is 19.5 Å². The normalized spacial score (nSPS) is 12.9. The van der Waals surface area contributed by atoms with Gasteiger partial charge in [-0.25, -0.2) is 13.8 Å². The molecule has 2 aromatic heterocycles. The molecule has 0 fully saturated rings. The number of aromatic nitrogens is 4. The van der Waals surface area contributed by atoms with E-state index in [0.29, 0.717) is 5.82 Å². The minimum Gasteiger partial charge on any atom is -0.340 e. The van der Waals surface area contributed by atoms with Gasteiger partial charge in [0.1, 0.15) is 17.5 Å². The fourth-order valence-corrected chi connectivity index (χ4v) is 4.05. The van der Waals surface area contributed by atoms with Gasteiger partial charge >= 0.3 is 0 Å². The lowest BCUT2D eigenvalue weighted by atomic mass is 10.0. The van der Waals surface area contributed by atoms with Crippen LogP contribution in [0.1, 0.15) is 24.5 Å². The summed E-state index contributed by atoms with van der Waals surface area (Å²) in [5.41, 5.74) is 5.35. The average Bonchev–Trinajstić information content (AvgIpc) is 3.27. The van der Waals surface area contributed by atoms with Crippen molar-refractivity contribution in [2.24, 2.45) is 0 Å². The molecular weight excluding hydrogens is 436 g/mol. The second kappa shape index (κ2) is 9.56. The number of aryl methyl sites for hydroxylation is 1. The third-order valence-corrected chi connectivity index (χ3v) is 5.66. The maximum atomic E-state index is 13.6. The van der Waals surface area contributed by atoms with E-state index in [2.05, 4.69) is 50.1 Å². The van der Waals surface area contributed by atoms with Crippen molar-refractivity contribution < 1.29 is 8.78 Å². The molecule has 174 valence electrons. The summed E-state index contributed by atoms with van der Waals surface area (Å²) in [7, 11) is 0. The Morgan fingerprint density at radius 3 is 2.68 bits per heavy atom. The van der Waals surface area contributed by atoms with Gasteiger partial charge in [0, 0.05) is 54.1 Å². The Morgan fingerprint density at radius 2 is 1.85 bits per heavy atom. The number of halogens is 2. The second-order valence-corrected chi connectivity index (χ2v) is 8.27. The van der Waals surface area contributed by atoms with E-state index in [1.54, 1.807) is 12.4 Å². The topological polar surface area (TPSA) is 79.7 Å². The highest BCUT2D eigenvalue weighted by atomic mass is 19.1. The number of benzene rings is 2. The second-order valence-electron chi connectivity index (χ2n) is 8.27. The molecule has 0 atom stereocenters. The smallest absolute Gasteiger partial charge is 0.229 e. The van der Waals surface area contributed by atoms with Crippen molar-refractivity contribution in [1.82, 2.24) is 25.1 Å². The zero-order valence-electron chi connectivity index (χ0n) is 18.8. The molecule has 0 unspecified atom stereocenters. The third kappa shape index (κ3) is 4.89. The lowest BCUT2D eigenvalue weighted by molar-refractivity contribution is 0.584. The molecular formula is C25H25F2N7. The van der Waals surface area contributed by atoms with Gasteiger partial charge in [0.25, 0.3) is 0 Å². The van der Waals surface area contributed by atoms with E-state index in [-0.39, 0.29) is 11.6 Å². The van der Waals surface area contributed by atoms with Crippen molar-refractivity contribution >= 4 is 23.1 Å². The first-order chi connectivity index (χ1) is 16.6. The predicted octanol–water partition coefficient (Wildman–Crippen LogP) is 5.16. The van der Waals surface area contributed by atoms with Crippen LogP contribution in [0.25, 0.3) is 11.1 Å². The summed E-state index contributed by atoms with van der Waals surface area (Å²) in [6.45, 7) is 4.71. The zero-order valence-corrected chi connectivity index (χ0v) is 18.8. The van der Waals surface area contributed by atoms with E-state index in [9.17, 15) is 8.78 Å². The van der Waals surface area contributed by atoms with Gasteiger partial charge in [-0.3, -0.25) is 4.68 Å². The van der Waals surface area contributed by atoms with Crippen molar-refractivity contribution in [3.8, 4) is 11.1 Å². The SMILES string of the molecule is CCCn1cc(-c2cnc(Nc3cc(F)cc(F)c3)nc2Nc2ccc3c(c2)CNCC3)cn1. The molecule has 3 N–H and O–H groups in total. The highest BCUT2D eigenvalue weighted by molar-refractivity contribution is 5.78. The summed E-state index contributed by atoms with van der Waals surface area (Å²) < 4.78 is 29.2. The third-order valence-electron chi connectivity index (χ3n) is 5.66. The number of hydrogen-bond donors (Lipinski definition) is 3. The summed E-state index contributed by atoms with van der Waals surface area (Å²) in [6, 6.07) is 9.49. The maximum Gasteiger partial charge on any atom is 0.229 e. The molecule has 0 bridgehead atoms. The number of nitrogens with one attached hydrogen (secondary N) is 3. The Morgan fingerprint density at radius 1 is 1.00 bits per heavy atom. The minimum absolute atomic E-state index is 0.219. The van der Waals surface area contributed by atoms with Crippen molar-refractivity contribution in [1.29, 1.82) is 0 Å². The van der Waals surface area contributed by atoms with Gasteiger partial charge in [0.15, 0.2) is 0 Å². The van der Waals surface area contributed by atoms with E-state index in [1.807, 2.05) is 16.9 Å². The molecule has 34 heavy (non-hydrogen) atoms. The van der Waals surface area contributed by atoms with Gasteiger partial charge in [-0.05, 0) is 54.8 Å². The molecule has 0 spiro atoms. The van der Waals surface area contributed by atoms with E-state index in [1.165, 1.54) is 23.3 Å². The Labute approximate surface area is 196 Å². The number of anilines is 4. The first-order valence-corrected chi connectivity index (χ1v) is 11.3. The highest BCUT2D eigenvalue weighted by Gasteiger charge is 2.15. The number of rotatable bonds is 7. The van der Waals surface area contributed by atoms with Crippen LogP contribution in [0.15, 0.2) is 55.0 Å². The minimum atomic E-state index is -0.677. The lowest BCUT2D eigenvalue weighted by Gasteiger charge is -2.19. The first kappa shape index (κ1) is 22.0. The molecule has 0 saturated heterocycles. The Bertz CT molecular complexity index is 1300. The number of nitrogens with zero attached hydrogens (tertiary/aromatic N) is 4. The van der Waals surface area contributed by atoms with Crippen LogP contribution >= 0.6 is 0 Å². The molecule has 4 aromatic rings. The Kier molecular flexibility index (Phi) is 6.18. The van der Waals surface area contributed by atoms with Gasteiger partial charge in [-0.2, -0.15) is 10.1 Å². The van der Waals surface area contributed by atoms with Crippen molar-refractivity contribution in [2.45, 2.75) is 32.9 Å². The highest BCUT2D eigenvalue weighted by Crippen LogP contribution is 2.31. The molecule has 0 radical (unpaired) electrons. The van der Waals surface area contributed by atoms with Crippen molar-refractivity contribution in [3.63, 3.8) is 0 Å². The number of hydrogen-bond acceptors (Lipinski definition) is 6. The van der Waals surface area contributed by atoms with E-state index < -0.39 is 11.6 Å². The maximum absolute atomic E-state index is 13.6. The molecule has 5 rings (SSSR count). The number of fused-ring (bicyclic) bond motifs is 1. The summed E-state index contributed by atoms with van der Waals surface area (Å²) in [4.78, 5) is 9.02. The monoisotopic (exact) mass is 461 g/mol. The quantitative estimate of drug-likeness (QED) is 0.353. The van der Waals surface area contributed by atoms with E-state index in [4.69, 9.17) is 0 Å². The van der Waals surface area contributed by atoms with Crippen LogP contribution in [0.2, 0.25) is 0 Å².